The van der Waals surface area contributed by atoms with E-state index in [1.165, 1.54) is 11.2 Å². The predicted octanol–water partition coefficient (Wildman–Crippen LogP) is -0.0712. The highest BCUT2D eigenvalue weighted by atomic mass is 16.3. The van der Waals surface area contributed by atoms with Crippen LogP contribution in [0.2, 0.25) is 0 Å². The zero-order valence-corrected chi connectivity index (χ0v) is 7.14. The first-order chi connectivity index (χ1) is 6.31. The van der Waals surface area contributed by atoms with Crippen LogP contribution in [-0.2, 0) is 13.6 Å². The van der Waals surface area contributed by atoms with Crippen molar-refractivity contribution in [2.24, 2.45) is 12.8 Å². The van der Waals surface area contributed by atoms with Crippen molar-refractivity contribution >= 4 is 0 Å². The minimum Gasteiger partial charge on any atom is -0.441 e. The van der Waals surface area contributed by atoms with Gasteiger partial charge in [0.05, 0.1) is 6.20 Å². The monoisotopic (exact) mass is 179 g/mol. The average Bonchev–Trinajstić information content (AvgIpc) is 2.71. The van der Waals surface area contributed by atoms with Gasteiger partial charge in [0.1, 0.15) is 11.4 Å². The van der Waals surface area contributed by atoms with E-state index in [9.17, 15) is 0 Å². The van der Waals surface area contributed by atoms with Crippen molar-refractivity contribution in [1.29, 1.82) is 0 Å². The van der Waals surface area contributed by atoms with Gasteiger partial charge in [-0.15, -0.1) is 0 Å². The Balaban J connectivity index is 2.45. The molecule has 13 heavy (non-hydrogen) atoms. The van der Waals surface area contributed by atoms with Gasteiger partial charge in [-0.3, -0.25) is 0 Å². The van der Waals surface area contributed by atoms with E-state index in [0.717, 1.165) is 0 Å². The lowest BCUT2D eigenvalue weighted by Crippen LogP contribution is -1.98. The summed E-state index contributed by atoms with van der Waals surface area (Å²) in [5.74, 6) is 0.593. The lowest BCUT2D eigenvalue weighted by atomic mass is 10.3. The van der Waals surface area contributed by atoms with Gasteiger partial charge in [-0.05, 0) is 0 Å². The second kappa shape index (κ2) is 2.98. The summed E-state index contributed by atoms with van der Waals surface area (Å²) in [7, 11) is 1.74. The van der Waals surface area contributed by atoms with Crippen LogP contribution in [0.25, 0.3) is 11.5 Å². The third kappa shape index (κ3) is 1.31. The summed E-state index contributed by atoms with van der Waals surface area (Å²) >= 11 is 0. The number of hydrogen-bond donors (Lipinski definition) is 1. The van der Waals surface area contributed by atoms with Crippen molar-refractivity contribution in [1.82, 2.24) is 20.0 Å². The molecule has 6 nitrogen and oxygen atoms in total. The molecule has 0 saturated carbocycles. The maximum Gasteiger partial charge on any atom is 0.181 e. The molecule has 0 atom stereocenters. The summed E-state index contributed by atoms with van der Waals surface area (Å²) in [5.41, 5.74) is 6.81. The van der Waals surface area contributed by atoms with Crippen LogP contribution < -0.4 is 5.73 Å². The molecular formula is C7H9N5O. The Morgan fingerprint density at radius 3 is 3.08 bits per heavy atom. The summed E-state index contributed by atoms with van der Waals surface area (Å²) < 4.78 is 5.15. The van der Waals surface area contributed by atoms with E-state index >= 15 is 0 Å². The van der Waals surface area contributed by atoms with E-state index in [-0.39, 0.29) is 0 Å². The van der Waals surface area contributed by atoms with Crippen molar-refractivity contribution in [3.05, 3.63) is 18.3 Å². The molecule has 0 aliphatic carbocycles. The number of hydrogen-bond acceptors (Lipinski definition) is 5. The van der Waals surface area contributed by atoms with E-state index in [1.54, 1.807) is 13.2 Å². The van der Waals surface area contributed by atoms with E-state index in [1.807, 2.05) is 0 Å². The maximum atomic E-state index is 5.46. The first kappa shape index (κ1) is 7.93. The lowest BCUT2D eigenvalue weighted by molar-refractivity contribution is 0.565. The fourth-order valence-electron chi connectivity index (χ4n) is 1.07. The number of rotatable bonds is 2. The fourth-order valence-corrected chi connectivity index (χ4v) is 1.07. The summed E-state index contributed by atoms with van der Waals surface area (Å²) in [4.78, 5) is 5.41. The van der Waals surface area contributed by atoms with Crippen molar-refractivity contribution in [2.45, 2.75) is 6.54 Å². The summed E-state index contributed by atoms with van der Waals surface area (Å²) in [6, 6.07) is 0. The quantitative estimate of drug-likeness (QED) is 0.697. The molecule has 0 saturated heterocycles. The minimum atomic E-state index is 0.336. The topological polar surface area (TPSA) is 82.8 Å². The Kier molecular flexibility index (Phi) is 1.82. The molecule has 2 rings (SSSR count). The molecule has 68 valence electrons. The van der Waals surface area contributed by atoms with Crippen molar-refractivity contribution in [3.8, 4) is 11.5 Å². The zero-order valence-electron chi connectivity index (χ0n) is 7.14. The molecule has 2 heterocycles. The fraction of sp³-hybridized carbons (Fsp3) is 0.286. The van der Waals surface area contributed by atoms with Crippen LogP contribution in [0.3, 0.4) is 0 Å². The zero-order chi connectivity index (χ0) is 9.26. The van der Waals surface area contributed by atoms with E-state index in [2.05, 4.69) is 15.2 Å². The predicted molar refractivity (Wildman–Crippen MR) is 44.4 cm³/mol. The normalized spacial score (nSPS) is 10.6. The second-order valence-electron chi connectivity index (χ2n) is 2.55. The highest BCUT2D eigenvalue weighted by Crippen LogP contribution is 2.19. The molecule has 2 aromatic heterocycles. The maximum absolute atomic E-state index is 5.46. The van der Waals surface area contributed by atoms with Crippen LogP contribution in [0.4, 0.5) is 0 Å². The molecule has 0 amide bonds. The molecule has 0 aliphatic rings. The third-order valence-electron chi connectivity index (χ3n) is 1.67. The molecule has 0 spiro atoms. The first-order valence-corrected chi connectivity index (χ1v) is 3.80. The smallest absolute Gasteiger partial charge is 0.181 e. The number of aromatic nitrogens is 4. The Bertz CT molecular complexity index is 404. The van der Waals surface area contributed by atoms with Crippen LogP contribution in [0.1, 0.15) is 5.69 Å². The summed E-state index contributed by atoms with van der Waals surface area (Å²) in [6.45, 7) is 0.336. The van der Waals surface area contributed by atoms with E-state index in [0.29, 0.717) is 23.7 Å². The molecular weight excluding hydrogens is 170 g/mol. The van der Waals surface area contributed by atoms with Crippen LogP contribution in [0, 0.1) is 0 Å². The van der Waals surface area contributed by atoms with Crippen molar-refractivity contribution in [2.75, 3.05) is 0 Å². The standard InChI is InChI=1S/C7H9N5O/c1-12-10-3-6(11-12)7-5(2-8)9-4-13-7/h3-4H,2,8H2,1H3. The number of aryl methyl sites for hydroxylation is 1. The van der Waals surface area contributed by atoms with Crippen LogP contribution >= 0.6 is 0 Å². The highest BCUT2D eigenvalue weighted by molar-refractivity contribution is 5.52. The molecule has 0 aliphatic heterocycles. The van der Waals surface area contributed by atoms with E-state index in [4.69, 9.17) is 10.2 Å². The van der Waals surface area contributed by atoms with Gasteiger partial charge in [0.2, 0.25) is 0 Å². The first-order valence-electron chi connectivity index (χ1n) is 3.80. The average molecular weight is 179 g/mol. The Hall–Kier alpha value is -1.69. The molecule has 0 fully saturated rings. The van der Waals surface area contributed by atoms with E-state index < -0.39 is 0 Å². The Morgan fingerprint density at radius 1 is 1.62 bits per heavy atom. The molecule has 0 aromatic carbocycles. The summed E-state index contributed by atoms with van der Waals surface area (Å²) in [5, 5.41) is 8.00. The number of nitrogens with two attached hydrogens (primary N) is 1. The van der Waals surface area contributed by atoms with Crippen LogP contribution in [0.5, 0.6) is 0 Å². The minimum absolute atomic E-state index is 0.336. The van der Waals surface area contributed by atoms with Gasteiger partial charge in [0.15, 0.2) is 12.2 Å². The molecule has 0 radical (unpaired) electrons. The molecule has 0 unspecified atom stereocenters. The van der Waals surface area contributed by atoms with Gasteiger partial charge in [-0.1, -0.05) is 0 Å². The van der Waals surface area contributed by atoms with Gasteiger partial charge in [-0.2, -0.15) is 15.0 Å². The van der Waals surface area contributed by atoms with Crippen molar-refractivity contribution < 1.29 is 4.42 Å². The van der Waals surface area contributed by atoms with Gasteiger partial charge in [-0.25, -0.2) is 4.98 Å². The summed E-state index contributed by atoms with van der Waals surface area (Å²) in [6.07, 6.45) is 2.96. The second-order valence-corrected chi connectivity index (χ2v) is 2.55. The molecule has 6 heteroatoms. The Labute approximate surface area is 74.4 Å². The van der Waals surface area contributed by atoms with Gasteiger partial charge in [0, 0.05) is 13.6 Å². The van der Waals surface area contributed by atoms with Crippen molar-refractivity contribution in [3.63, 3.8) is 0 Å². The van der Waals surface area contributed by atoms with Crippen LogP contribution in [0.15, 0.2) is 17.0 Å². The third-order valence-corrected chi connectivity index (χ3v) is 1.67. The van der Waals surface area contributed by atoms with Gasteiger partial charge < -0.3 is 10.2 Å². The molecule has 2 aromatic rings. The van der Waals surface area contributed by atoms with Gasteiger partial charge in [0.25, 0.3) is 0 Å². The lowest BCUT2D eigenvalue weighted by Gasteiger charge is -1.91. The largest absolute Gasteiger partial charge is 0.441 e. The number of oxazole rings is 1. The molecule has 2 N–H and O–H groups in total. The van der Waals surface area contributed by atoms with Crippen LogP contribution in [-0.4, -0.2) is 20.0 Å². The number of nitrogens with zero attached hydrogens (tertiary/aromatic N) is 4. The van der Waals surface area contributed by atoms with Gasteiger partial charge >= 0.3 is 0 Å². The SMILES string of the molecule is Cn1ncc(-c2ocnc2CN)n1. The highest BCUT2D eigenvalue weighted by Gasteiger charge is 2.11. The Morgan fingerprint density at radius 2 is 2.46 bits per heavy atom. The molecule has 0 bridgehead atoms.